The third-order valence-electron chi connectivity index (χ3n) is 5.64. The fourth-order valence-electron chi connectivity index (χ4n) is 4.40. The minimum absolute atomic E-state index is 0.00708. The highest BCUT2D eigenvalue weighted by atomic mass is 79.9. The predicted octanol–water partition coefficient (Wildman–Crippen LogP) is 3.25. The Bertz CT molecular complexity index is 1070. The summed E-state index contributed by atoms with van der Waals surface area (Å²) in [6.45, 7) is 0.123. The molecule has 0 aliphatic carbocycles. The zero-order valence-corrected chi connectivity index (χ0v) is 16.4. The van der Waals surface area contributed by atoms with E-state index in [0.717, 1.165) is 32.2 Å². The van der Waals surface area contributed by atoms with Crippen LogP contribution in [-0.4, -0.2) is 46.2 Å². The van der Waals surface area contributed by atoms with Crippen LogP contribution in [0.2, 0.25) is 0 Å². The number of halogens is 1. The quantitative estimate of drug-likeness (QED) is 0.652. The molecule has 5 nitrogen and oxygen atoms in total. The average Bonchev–Trinajstić information content (AvgIpc) is 3.04. The molecule has 136 valence electrons. The number of benzene rings is 2. The lowest BCUT2D eigenvalue weighted by Gasteiger charge is -2.46. The number of nitrogens with zero attached hydrogens (tertiary/aromatic N) is 2. The van der Waals surface area contributed by atoms with E-state index in [1.165, 1.54) is 0 Å². The molecule has 3 aromatic rings. The number of carbonyl (C=O) groups is 2. The van der Waals surface area contributed by atoms with Gasteiger partial charge in [-0.05, 0) is 29.3 Å². The maximum Gasteiger partial charge on any atom is 0.245 e. The number of hydrogen-bond donors (Lipinski definition) is 1. The van der Waals surface area contributed by atoms with Crippen molar-refractivity contribution in [1.82, 2.24) is 14.8 Å². The molecular formula is C21H18BrN3O2. The molecule has 2 amide bonds. The van der Waals surface area contributed by atoms with E-state index in [1.807, 2.05) is 42.5 Å². The van der Waals surface area contributed by atoms with Crippen LogP contribution in [0.15, 0.2) is 53.0 Å². The maximum atomic E-state index is 13.0. The van der Waals surface area contributed by atoms with Crippen molar-refractivity contribution < 1.29 is 9.59 Å². The Morgan fingerprint density at radius 2 is 1.81 bits per heavy atom. The van der Waals surface area contributed by atoms with Gasteiger partial charge in [-0.2, -0.15) is 0 Å². The van der Waals surface area contributed by atoms with Crippen LogP contribution in [-0.2, 0) is 16.0 Å². The minimum Gasteiger partial charge on any atom is -0.356 e. The van der Waals surface area contributed by atoms with Crippen LogP contribution in [0.1, 0.15) is 22.9 Å². The van der Waals surface area contributed by atoms with Gasteiger partial charge in [0.05, 0.1) is 12.6 Å². The Morgan fingerprint density at radius 3 is 2.59 bits per heavy atom. The summed E-state index contributed by atoms with van der Waals surface area (Å²) in [6, 6.07) is 15.4. The zero-order valence-electron chi connectivity index (χ0n) is 14.8. The molecule has 1 fully saturated rings. The number of nitrogens with one attached hydrogen (secondary N) is 1. The average molecular weight is 424 g/mol. The van der Waals surface area contributed by atoms with Gasteiger partial charge in [-0.1, -0.05) is 46.3 Å². The van der Waals surface area contributed by atoms with E-state index >= 15 is 0 Å². The fourth-order valence-corrected chi connectivity index (χ4v) is 4.66. The molecule has 27 heavy (non-hydrogen) atoms. The van der Waals surface area contributed by atoms with E-state index in [9.17, 15) is 9.59 Å². The number of H-pyrrole nitrogens is 1. The van der Waals surface area contributed by atoms with Crippen LogP contribution in [0.3, 0.4) is 0 Å². The van der Waals surface area contributed by atoms with E-state index in [0.29, 0.717) is 6.42 Å². The Morgan fingerprint density at radius 1 is 1.07 bits per heavy atom. The maximum absolute atomic E-state index is 13.0. The highest BCUT2D eigenvalue weighted by Crippen LogP contribution is 2.42. The van der Waals surface area contributed by atoms with Gasteiger partial charge in [-0.25, -0.2) is 0 Å². The largest absolute Gasteiger partial charge is 0.356 e. The highest BCUT2D eigenvalue weighted by Gasteiger charge is 2.47. The number of likely N-dealkylation sites (N-methyl/N-ethyl adjacent to an activating group) is 1. The van der Waals surface area contributed by atoms with E-state index < -0.39 is 6.04 Å². The Kier molecular flexibility index (Phi) is 3.65. The van der Waals surface area contributed by atoms with Gasteiger partial charge >= 0.3 is 0 Å². The Hall–Kier alpha value is -2.60. The van der Waals surface area contributed by atoms with Crippen molar-refractivity contribution in [3.05, 3.63) is 69.8 Å². The zero-order chi connectivity index (χ0) is 18.7. The van der Waals surface area contributed by atoms with Gasteiger partial charge in [0.2, 0.25) is 11.8 Å². The molecular weight excluding hydrogens is 406 g/mol. The Labute approximate surface area is 165 Å². The van der Waals surface area contributed by atoms with Crippen LogP contribution in [0.5, 0.6) is 0 Å². The van der Waals surface area contributed by atoms with Crippen molar-refractivity contribution in [3.63, 3.8) is 0 Å². The molecule has 1 aromatic heterocycles. The molecule has 0 unspecified atom stereocenters. The summed E-state index contributed by atoms with van der Waals surface area (Å²) in [4.78, 5) is 32.7. The summed E-state index contributed by atoms with van der Waals surface area (Å²) in [5.41, 5.74) is 4.19. The lowest BCUT2D eigenvalue weighted by atomic mass is 9.86. The number of aromatic nitrogens is 1. The second kappa shape index (κ2) is 5.96. The normalized spacial score (nSPS) is 22.1. The highest BCUT2D eigenvalue weighted by molar-refractivity contribution is 9.10. The monoisotopic (exact) mass is 423 g/mol. The molecule has 1 N–H and O–H groups in total. The smallest absolute Gasteiger partial charge is 0.245 e. The second-order valence-corrected chi connectivity index (χ2v) is 8.15. The van der Waals surface area contributed by atoms with Gasteiger partial charge in [0.1, 0.15) is 6.04 Å². The summed E-state index contributed by atoms with van der Waals surface area (Å²) in [7, 11) is 1.71. The molecule has 2 atom stereocenters. The van der Waals surface area contributed by atoms with Crippen molar-refractivity contribution >= 4 is 38.6 Å². The molecule has 0 bridgehead atoms. The fraction of sp³-hybridized carbons (Fsp3) is 0.238. The molecule has 3 heterocycles. The summed E-state index contributed by atoms with van der Waals surface area (Å²) in [5, 5.41) is 1.13. The number of piperazine rings is 1. The summed E-state index contributed by atoms with van der Waals surface area (Å²) < 4.78 is 0.983. The first-order valence-electron chi connectivity index (χ1n) is 8.95. The molecule has 6 heteroatoms. The molecule has 0 spiro atoms. The SMILES string of the molecule is CN1CC(=O)N2[C@@H](c3ccc(Br)cc3)c3[nH]c4ccccc4c3C[C@@H]2C1=O. The predicted molar refractivity (Wildman–Crippen MR) is 106 cm³/mol. The minimum atomic E-state index is -0.461. The van der Waals surface area contributed by atoms with E-state index in [-0.39, 0.29) is 24.4 Å². The van der Waals surface area contributed by atoms with Crippen LogP contribution in [0, 0.1) is 0 Å². The lowest BCUT2D eigenvalue weighted by Crippen LogP contribution is -2.62. The Balaban J connectivity index is 1.76. The molecule has 5 rings (SSSR count). The summed E-state index contributed by atoms with van der Waals surface area (Å²) >= 11 is 3.48. The molecule has 1 saturated heterocycles. The van der Waals surface area contributed by atoms with E-state index in [2.05, 4.69) is 27.0 Å². The van der Waals surface area contributed by atoms with E-state index in [1.54, 1.807) is 16.8 Å². The third kappa shape index (κ3) is 2.43. The first-order valence-corrected chi connectivity index (χ1v) is 9.75. The van der Waals surface area contributed by atoms with Gasteiger partial charge in [0, 0.05) is 34.5 Å². The molecule has 2 aromatic carbocycles. The number of fused-ring (bicyclic) bond motifs is 4. The second-order valence-electron chi connectivity index (χ2n) is 7.23. The molecule has 2 aliphatic heterocycles. The van der Waals surface area contributed by atoms with Crippen LogP contribution < -0.4 is 0 Å². The van der Waals surface area contributed by atoms with Crippen LogP contribution in [0.25, 0.3) is 10.9 Å². The van der Waals surface area contributed by atoms with Gasteiger partial charge in [0.15, 0.2) is 0 Å². The topological polar surface area (TPSA) is 56.4 Å². The number of amides is 2. The molecule has 0 radical (unpaired) electrons. The standard InChI is InChI=1S/C21H18BrN3O2/c1-24-11-18(26)25-17(21(24)27)10-15-14-4-2-3-5-16(14)23-19(15)20(25)12-6-8-13(22)9-7-12/h2-9,17,20,23H,10-11H2,1H3/t17-,20+/m1/s1. The first-order chi connectivity index (χ1) is 13.0. The van der Waals surface area contributed by atoms with Crippen molar-refractivity contribution in [2.45, 2.75) is 18.5 Å². The summed E-state index contributed by atoms with van der Waals surface area (Å²) in [6.07, 6.45) is 0.543. The summed E-state index contributed by atoms with van der Waals surface area (Å²) in [5.74, 6) is -0.00744. The third-order valence-corrected chi connectivity index (χ3v) is 6.17. The van der Waals surface area contributed by atoms with Crippen molar-refractivity contribution in [2.24, 2.45) is 0 Å². The van der Waals surface area contributed by atoms with Crippen LogP contribution in [0.4, 0.5) is 0 Å². The molecule has 0 saturated carbocycles. The van der Waals surface area contributed by atoms with Gasteiger partial charge in [-0.15, -0.1) is 0 Å². The van der Waals surface area contributed by atoms with Gasteiger partial charge in [-0.3, -0.25) is 9.59 Å². The number of hydrogen-bond acceptors (Lipinski definition) is 2. The lowest BCUT2D eigenvalue weighted by molar-refractivity contribution is -0.157. The molecule has 2 aliphatic rings. The first kappa shape index (κ1) is 16.6. The van der Waals surface area contributed by atoms with Crippen molar-refractivity contribution in [2.75, 3.05) is 13.6 Å². The van der Waals surface area contributed by atoms with Crippen molar-refractivity contribution in [1.29, 1.82) is 0 Å². The van der Waals surface area contributed by atoms with Gasteiger partial charge < -0.3 is 14.8 Å². The number of para-hydroxylation sites is 1. The van der Waals surface area contributed by atoms with Crippen molar-refractivity contribution in [3.8, 4) is 0 Å². The number of aromatic amines is 1. The van der Waals surface area contributed by atoms with Crippen LogP contribution >= 0.6 is 15.9 Å². The van der Waals surface area contributed by atoms with E-state index in [4.69, 9.17) is 0 Å². The number of rotatable bonds is 1. The van der Waals surface area contributed by atoms with Gasteiger partial charge in [0.25, 0.3) is 0 Å². The number of carbonyl (C=O) groups excluding carboxylic acids is 2.